The third kappa shape index (κ3) is 5.34. The molecule has 1 fully saturated rings. The number of halogens is 1. The number of aliphatic imine (C=N–C) groups is 1. The average molecular weight is 450 g/mol. The van der Waals surface area contributed by atoms with Crippen molar-refractivity contribution < 1.29 is 9.53 Å². The van der Waals surface area contributed by atoms with E-state index in [0.717, 1.165) is 16.9 Å². The van der Waals surface area contributed by atoms with Gasteiger partial charge < -0.3 is 4.74 Å². The van der Waals surface area contributed by atoms with Crippen molar-refractivity contribution in [3.63, 3.8) is 0 Å². The van der Waals surface area contributed by atoms with Crippen LogP contribution in [-0.4, -0.2) is 27.5 Å². The van der Waals surface area contributed by atoms with Gasteiger partial charge in [-0.2, -0.15) is 0 Å². The summed E-state index contributed by atoms with van der Waals surface area (Å²) in [5.41, 5.74) is 1.92. The molecular weight excluding hydrogens is 430 g/mol. The van der Waals surface area contributed by atoms with Crippen LogP contribution in [0.15, 0.2) is 82.8 Å². The largest absolute Gasteiger partial charge is 0.489 e. The predicted octanol–water partition coefficient (Wildman–Crippen LogP) is 5.94. The molecule has 0 aliphatic carbocycles. The second kappa shape index (κ2) is 9.81. The number of carbonyl (C=O) groups excluding carboxylic acids is 1. The molecule has 0 atom stereocenters. The fourth-order valence-electron chi connectivity index (χ4n) is 2.98. The first-order valence-corrected chi connectivity index (χ1v) is 11.0. The summed E-state index contributed by atoms with van der Waals surface area (Å²) in [5, 5.41) is 1.33. The third-order valence-corrected chi connectivity index (χ3v) is 5.80. The SMILES string of the molecule is CCN1C(=O)/C(=C/c2cccc(OCc3ccc(Cl)cc3)c2)S/C1=N/c1ccccn1. The number of carbonyl (C=O) groups is 1. The van der Waals surface area contributed by atoms with Crippen molar-refractivity contribution in [1.82, 2.24) is 9.88 Å². The first kappa shape index (κ1) is 21.2. The molecule has 0 bridgehead atoms. The van der Waals surface area contributed by atoms with E-state index in [2.05, 4.69) is 9.98 Å². The fourth-order valence-corrected chi connectivity index (χ4v) is 4.16. The number of hydrogen-bond acceptors (Lipinski definition) is 5. The lowest BCUT2D eigenvalue weighted by Crippen LogP contribution is -2.28. The Balaban J connectivity index is 1.51. The van der Waals surface area contributed by atoms with Crippen LogP contribution in [0.3, 0.4) is 0 Å². The zero-order valence-electron chi connectivity index (χ0n) is 16.9. The van der Waals surface area contributed by atoms with Gasteiger partial charge in [0.2, 0.25) is 0 Å². The smallest absolute Gasteiger partial charge is 0.266 e. The van der Waals surface area contributed by atoms with Gasteiger partial charge in [-0.1, -0.05) is 41.9 Å². The molecule has 4 rings (SSSR count). The highest BCUT2D eigenvalue weighted by Gasteiger charge is 2.32. The van der Waals surface area contributed by atoms with Crippen molar-refractivity contribution in [2.45, 2.75) is 13.5 Å². The Kier molecular flexibility index (Phi) is 6.70. The number of amides is 1. The topological polar surface area (TPSA) is 54.8 Å². The molecule has 31 heavy (non-hydrogen) atoms. The fraction of sp³-hybridized carbons (Fsp3) is 0.125. The van der Waals surface area contributed by atoms with Gasteiger partial charge in [-0.15, -0.1) is 0 Å². The van der Waals surface area contributed by atoms with Crippen LogP contribution in [0.2, 0.25) is 5.02 Å². The highest BCUT2D eigenvalue weighted by atomic mass is 35.5. The molecule has 0 unspecified atom stereocenters. The number of pyridine rings is 1. The van der Waals surface area contributed by atoms with Crippen LogP contribution in [0, 0.1) is 0 Å². The second-order valence-electron chi connectivity index (χ2n) is 6.73. The summed E-state index contributed by atoms with van der Waals surface area (Å²) in [6, 6.07) is 20.7. The van der Waals surface area contributed by atoms with Crippen molar-refractivity contribution >= 4 is 46.3 Å². The molecule has 0 spiro atoms. The van der Waals surface area contributed by atoms with Gasteiger partial charge in [-0.3, -0.25) is 9.69 Å². The lowest BCUT2D eigenvalue weighted by Gasteiger charge is -2.11. The Hall–Kier alpha value is -3.09. The van der Waals surface area contributed by atoms with Crippen molar-refractivity contribution in [1.29, 1.82) is 0 Å². The molecule has 1 aliphatic heterocycles. The summed E-state index contributed by atoms with van der Waals surface area (Å²) in [7, 11) is 0. The molecule has 5 nitrogen and oxygen atoms in total. The van der Waals surface area contributed by atoms with Crippen LogP contribution >= 0.6 is 23.4 Å². The Morgan fingerprint density at radius 1 is 1.13 bits per heavy atom. The van der Waals surface area contributed by atoms with Crippen LogP contribution in [0.5, 0.6) is 5.75 Å². The maximum atomic E-state index is 12.9. The summed E-state index contributed by atoms with van der Waals surface area (Å²) in [6.45, 7) is 2.91. The van der Waals surface area contributed by atoms with Crippen molar-refractivity contribution in [2.24, 2.45) is 4.99 Å². The molecule has 0 saturated carbocycles. The minimum Gasteiger partial charge on any atom is -0.489 e. The van der Waals surface area contributed by atoms with Crippen molar-refractivity contribution in [2.75, 3.05) is 6.54 Å². The van der Waals surface area contributed by atoms with E-state index in [1.807, 2.05) is 79.7 Å². The van der Waals surface area contributed by atoms with Crippen molar-refractivity contribution in [3.05, 3.63) is 94.0 Å². The van der Waals surface area contributed by atoms with Crippen molar-refractivity contribution in [3.8, 4) is 5.75 Å². The van der Waals surface area contributed by atoms with E-state index in [0.29, 0.717) is 34.1 Å². The third-order valence-electron chi connectivity index (χ3n) is 4.54. The van der Waals surface area contributed by atoms with Gasteiger partial charge in [-0.05, 0) is 72.3 Å². The lowest BCUT2D eigenvalue weighted by atomic mass is 10.2. The summed E-state index contributed by atoms with van der Waals surface area (Å²) >= 11 is 7.28. The summed E-state index contributed by atoms with van der Waals surface area (Å²) in [4.78, 5) is 23.9. The Morgan fingerprint density at radius 3 is 2.71 bits per heavy atom. The van der Waals surface area contributed by atoms with E-state index < -0.39 is 0 Å². The number of thioether (sulfide) groups is 1. The van der Waals surface area contributed by atoms with E-state index >= 15 is 0 Å². The van der Waals surface area contributed by atoms with E-state index in [-0.39, 0.29) is 5.91 Å². The van der Waals surface area contributed by atoms with Crippen LogP contribution in [0.4, 0.5) is 5.82 Å². The molecule has 1 amide bonds. The van der Waals surface area contributed by atoms with Gasteiger partial charge in [0.05, 0.1) is 4.91 Å². The van der Waals surface area contributed by atoms with Gasteiger partial charge in [-0.25, -0.2) is 9.98 Å². The summed E-state index contributed by atoms with van der Waals surface area (Å²) in [5.74, 6) is 1.25. The average Bonchev–Trinajstić information content (AvgIpc) is 3.08. The number of benzene rings is 2. The van der Waals surface area contributed by atoms with Crippen LogP contribution in [0.1, 0.15) is 18.1 Å². The molecule has 7 heteroatoms. The molecule has 2 heterocycles. The van der Waals surface area contributed by atoms with Gasteiger partial charge >= 0.3 is 0 Å². The van der Waals surface area contributed by atoms with Gasteiger partial charge in [0.15, 0.2) is 11.0 Å². The second-order valence-corrected chi connectivity index (χ2v) is 8.18. The van der Waals surface area contributed by atoms with E-state index in [9.17, 15) is 4.79 Å². The van der Waals surface area contributed by atoms with E-state index in [4.69, 9.17) is 16.3 Å². The minimum atomic E-state index is -0.0605. The summed E-state index contributed by atoms with van der Waals surface area (Å²) < 4.78 is 5.90. The number of rotatable bonds is 6. The monoisotopic (exact) mass is 449 g/mol. The lowest BCUT2D eigenvalue weighted by molar-refractivity contribution is -0.122. The quantitative estimate of drug-likeness (QED) is 0.437. The molecule has 156 valence electrons. The molecule has 0 radical (unpaired) electrons. The number of amidine groups is 1. The zero-order valence-corrected chi connectivity index (χ0v) is 18.4. The highest BCUT2D eigenvalue weighted by molar-refractivity contribution is 8.18. The standard InChI is InChI=1S/C24H20ClN3O2S/c1-2-28-23(29)21(31-24(28)27-22-8-3-4-13-26-22)15-18-6-5-7-20(14-18)30-16-17-9-11-19(25)12-10-17/h3-15H,2,16H2,1H3/b21-15-,27-24+. The molecule has 1 aromatic heterocycles. The van der Waals surface area contributed by atoms with Crippen LogP contribution in [0.25, 0.3) is 6.08 Å². The Labute approximate surface area is 190 Å². The Morgan fingerprint density at radius 2 is 1.97 bits per heavy atom. The number of ether oxygens (including phenoxy) is 1. The van der Waals surface area contributed by atoms with Gasteiger partial charge in [0, 0.05) is 17.8 Å². The molecule has 0 N–H and O–H groups in total. The number of hydrogen-bond donors (Lipinski definition) is 0. The van der Waals surface area contributed by atoms with Crippen LogP contribution < -0.4 is 4.74 Å². The van der Waals surface area contributed by atoms with Gasteiger partial charge in [0.25, 0.3) is 5.91 Å². The number of nitrogens with zero attached hydrogens (tertiary/aromatic N) is 3. The van der Waals surface area contributed by atoms with E-state index in [1.165, 1.54) is 11.8 Å². The first-order valence-electron chi connectivity index (χ1n) is 9.81. The normalized spacial score (nSPS) is 16.3. The highest BCUT2D eigenvalue weighted by Crippen LogP contribution is 2.34. The first-order chi connectivity index (χ1) is 15.1. The molecular formula is C24H20ClN3O2S. The number of aromatic nitrogens is 1. The Bertz CT molecular complexity index is 1130. The molecule has 3 aromatic rings. The summed E-state index contributed by atoms with van der Waals surface area (Å²) in [6.07, 6.45) is 3.55. The zero-order chi connectivity index (χ0) is 21.6. The van der Waals surface area contributed by atoms with Crippen LogP contribution in [-0.2, 0) is 11.4 Å². The molecule has 2 aromatic carbocycles. The predicted molar refractivity (Wildman–Crippen MR) is 127 cm³/mol. The molecule has 1 saturated heterocycles. The minimum absolute atomic E-state index is 0.0605. The van der Waals surface area contributed by atoms with E-state index in [1.54, 1.807) is 11.1 Å². The van der Waals surface area contributed by atoms with Gasteiger partial charge in [0.1, 0.15) is 12.4 Å². The molecule has 1 aliphatic rings. The maximum Gasteiger partial charge on any atom is 0.266 e. The maximum absolute atomic E-state index is 12.9. The number of likely N-dealkylation sites (N-methyl/N-ethyl adjacent to an activating group) is 1.